The minimum Gasteiger partial charge on any atom is -0.394 e. The molecule has 0 atom stereocenters. The van der Waals surface area contributed by atoms with Crippen molar-refractivity contribution in [3.63, 3.8) is 0 Å². The fraction of sp³-hybridized carbons (Fsp3) is 0.200. The fourth-order valence-electron chi connectivity index (χ4n) is 4.35. The van der Waals surface area contributed by atoms with Crippen LogP contribution >= 0.6 is 0 Å². The zero-order valence-corrected chi connectivity index (χ0v) is 20.4. The van der Waals surface area contributed by atoms with E-state index in [0.29, 0.717) is 48.1 Å². The van der Waals surface area contributed by atoms with Gasteiger partial charge < -0.3 is 16.0 Å². The molecule has 3 aromatic carbocycles. The maximum absolute atomic E-state index is 12.6. The van der Waals surface area contributed by atoms with Gasteiger partial charge in [0.15, 0.2) is 11.6 Å². The van der Waals surface area contributed by atoms with E-state index in [0.717, 1.165) is 17.5 Å². The Balaban J connectivity index is 1.70. The van der Waals surface area contributed by atoms with Gasteiger partial charge in [-0.25, -0.2) is 4.98 Å². The number of hydrogen-bond donors (Lipinski definition) is 2. The third-order valence-electron chi connectivity index (χ3n) is 6.04. The summed E-state index contributed by atoms with van der Waals surface area (Å²) in [5.41, 5.74) is 12.7. The van der Waals surface area contributed by atoms with E-state index in [4.69, 9.17) is 10.7 Å². The van der Waals surface area contributed by atoms with Gasteiger partial charge in [0.05, 0.1) is 22.6 Å². The Labute approximate surface area is 207 Å². The van der Waals surface area contributed by atoms with E-state index in [-0.39, 0.29) is 5.78 Å². The first-order chi connectivity index (χ1) is 17.0. The molecule has 0 amide bonds. The van der Waals surface area contributed by atoms with Gasteiger partial charge in [0, 0.05) is 19.6 Å². The SMILES string of the molecule is CC(=O)c1c(C)nc(N(Cc2ccccc2)Cc2ccccc2)c(N)c1NCCc1ccccc1. The van der Waals surface area contributed by atoms with E-state index < -0.39 is 0 Å². The Morgan fingerprint density at radius 2 is 1.31 bits per heavy atom. The van der Waals surface area contributed by atoms with Crippen molar-refractivity contribution in [2.24, 2.45) is 0 Å². The molecule has 4 rings (SSSR count). The Kier molecular flexibility index (Phi) is 7.78. The number of rotatable bonds is 10. The molecule has 0 fully saturated rings. The summed E-state index contributed by atoms with van der Waals surface area (Å²) < 4.78 is 0. The maximum Gasteiger partial charge on any atom is 0.163 e. The van der Waals surface area contributed by atoms with Crippen LogP contribution in [-0.4, -0.2) is 17.3 Å². The van der Waals surface area contributed by atoms with Crippen LogP contribution in [0.5, 0.6) is 0 Å². The van der Waals surface area contributed by atoms with Crippen molar-refractivity contribution in [3.8, 4) is 0 Å². The van der Waals surface area contributed by atoms with E-state index in [1.54, 1.807) is 6.92 Å². The van der Waals surface area contributed by atoms with Gasteiger partial charge in [-0.15, -0.1) is 0 Å². The van der Waals surface area contributed by atoms with Gasteiger partial charge in [0.1, 0.15) is 0 Å². The molecule has 0 aliphatic heterocycles. The van der Waals surface area contributed by atoms with Gasteiger partial charge in [-0.05, 0) is 37.0 Å². The number of carbonyl (C=O) groups excluding carboxylic acids is 1. The molecule has 0 radical (unpaired) electrons. The predicted molar refractivity (Wildman–Crippen MR) is 145 cm³/mol. The highest BCUT2D eigenvalue weighted by Gasteiger charge is 2.22. The lowest BCUT2D eigenvalue weighted by atomic mass is 10.0. The van der Waals surface area contributed by atoms with Gasteiger partial charge in [-0.1, -0.05) is 91.0 Å². The number of ketones is 1. The van der Waals surface area contributed by atoms with E-state index in [1.165, 1.54) is 5.56 Å². The Morgan fingerprint density at radius 3 is 1.80 bits per heavy atom. The second-order valence-corrected chi connectivity index (χ2v) is 8.73. The molecule has 0 aliphatic carbocycles. The molecule has 0 saturated heterocycles. The lowest BCUT2D eigenvalue weighted by Gasteiger charge is -2.28. The van der Waals surface area contributed by atoms with Crippen molar-refractivity contribution in [2.45, 2.75) is 33.4 Å². The lowest BCUT2D eigenvalue weighted by molar-refractivity contribution is 0.101. The highest BCUT2D eigenvalue weighted by atomic mass is 16.1. The lowest BCUT2D eigenvalue weighted by Crippen LogP contribution is -2.26. The smallest absolute Gasteiger partial charge is 0.163 e. The molecule has 4 aromatic rings. The number of aryl methyl sites for hydroxylation is 1. The Morgan fingerprint density at radius 1 is 0.829 bits per heavy atom. The molecule has 5 heteroatoms. The van der Waals surface area contributed by atoms with Crippen molar-refractivity contribution in [1.29, 1.82) is 0 Å². The van der Waals surface area contributed by atoms with E-state index in [9.17, 15) is 4.79 Å². The summed E-state index contributed by atoms with van der Waals surface area (Å²) in [6.07, 6.45) is 0.825. The van der Waals surface area contributed by atoms with Crippen LogP contribution in [-0.2, 0) is 19.5 Å². The van der Waals surface area contributed by atoms with Crippen LogP contribution in [0.25, 0.3) is 0 Å². The van der Waals surface area contributed by atoms with Crippen molar-refractivity contribution in [3.05, 3.63) is 119 Å². The van der Waals surface area contributed by atoms with Crippen LogP contribution in [0, 0.1) is 6.92 Å². The summed E-state index contributed by atoms with van der Waals surface area (Å²) in [4.78, 5) is 19.6. The molecule has 0 unspecified atom stereocenters. The van der Waals surface area contributed by atoms with Crippen LogP contribution in [0.4, 0.5) is 17.2 Å². The van der Waals surface area contributed by atoms with Crippen LogP contribution in [0.15, 0.2) is 91.0 Å². The number of Topliss-reactive ketones (excluding diaryl/α,β-unsaturated/α-hetero) is 1. The largest absolute Gasteiger partial charge is 0.394 e. The first-order valence-electron chi connectivity index (χ1n) is 11.9. The van der Waals surface area contributed by atoms with Gasteiger partial charge in [0.2, 0.25) is 0 Å². The number of pyridine rings is 1. The number of benzene rings is 3. The summed E-state index contributed by atoms with van der Waals surface area (Å²) in [6.45, 7) is 5.40. The summed E-state index contributed by atoms with van der Waals surface area (Å²) in [5.74, 6) is 0.635. The van der Waals surface area contributed by atoms with E-state index in [2.05, 4.69) is 46.6 Å². The Bertz CT molecular complexity index is 1220. The predicted octanol–water partition coefficient (Wildman–Crippen LogP) is 6.04. The van der Waals surface area contributed by atoms with Crippen molar-refractivity contribution in [1.82, 2.24) is 4.98 Å². The zero-order chi connectivity index (χ0) is 24.6. The maximum atomic E-state index is 12.6. The second kappa shape index (κ2) is 11.3. The zero-order valence-electron chi connectivity index (χ0n) is 20.4. The first-order valence-corrected chi connectivity index (χ1v) is 11.9. The number of aromatic nitrogens is 1. The number of nitrogens with one attached hydrogen (secondary N) is 1. The van der Waals surface area contributed by atoms with Crippen LogP contribution in [0.2, 0.25) is 0 Å². The van der Waals surface area contributed by atoms with Crippen molar-refractivity contribution in [2.75, 3.05) is 22.5 Å². The number of nitrogen functional groups attached to an aromatic ring is 1. The molecular weight excluding hydrogens is 432 g/mol. The van der Waals surface area contributed by atoms with Crippen LogP contribution < -0.4 is 16.0 Å². The summed E-state index contributed by atoms with van der Waals surface area (Å²) in [7, 11) is 0. The number of nitrogens with two attached hydrogens (primary N) is 1. The molecule has 0 spiro atoms. The molecule has 3 N–H and O–H groups in total. The summed E-state index contributed by atoms with van der Waals surface area (Å²) in [6, 6.07) is 30.8. The molecule has 5 nitrogen and oxygen atoms in total. The molecule has 0 saturated carbocycles. The molecule has 0 bridgehead atoms. The van der Waals surface area contributed by atoms with Gasteiger partial charge in [0.25, 0.3) is 0 Å². The molecule has 0 aliphatic rings. The average molecular weight is 465 g/mol. The highest BCUT2D eigenvalue weighted by molar-refractivity contribution is 6.04. The molecular formula is C30H32N4O. The monoisotopic (exact) mass is 464 g/mol. The fourth-order valence-corrected chi connectivity index (χ4v) is 4.35. The number of carbonyl (C=O) groups is 1. The summed E-state index contributed by atoms with van der Waals surface area (Å²) in [5, 5.41) is 3.46. The van der Waals surface area contributed by atoms with Crippen molar-refractivity contribution >= 4 is 23.0 Å². The summed E-state index contributed by atoms with van der Waals surface area (Å²) >= 11 is 0. The molecule has 1 heterocycles. The number of anilines is 3. The Hall–Kier alpha value is -4.12. The van der Waals surface area contributed by atoms with Crippen LogP contribution in [0.3, 0.4) is 0 Å². The van der Waals surface area contributed by atoms with Gasteiger partial charge in [-0.3, -0.25) is 4.79 Å². The minimum atomic E-state index is -0.0480. The van der Waals surface area contributed by atoms with Gasteiger partial charge >= 0.3 is 0 Å². The molecule has 1 aromatic heterocycles. The topological polar surface area (TPSA) is 71.2 Å². The van der Waals surface area contributed by atoms with Gasteiger partial charge in [-0.2, -0.15) is 0 Å². The number of hydrogen-bond acceptors (Lipinski definition) is 5. The van der Waals surface area contributed by atoms with E-state index in [1.807, 2.05) is 61.5 Å². The van der Waals surface area contributed by atoms with Crippen LogP contribution in [0.1, 0.15) is 39.7 Å². The number of nitrogens with zero attached hydrogens (tertiary/aromatic N) is 2. The minimum absolute atomic E-state index is 0.0480. The van der Waals surface area contributed by atoms with E-state index >= 15 is 0 Å². The quantitative estimate of drug-likeness (QED) is 0.280. The van der Waals surface area contributed by atoms with Crippen molar-refractivity contribution < 1.29 is 4.79 Å². The highest BCUT2D eigenvalue weighted by Crippen LogP contribution is 2.35. The third kappa shape index (κ3) is 6.07. The normalized spacial score (nSPS) is 10.7. The molecule has 35 heavy (non-hydrogen) atoms. The third-order valence-corrected chi connectivity index (χ3v) is 6.04. The first kappa shape index (κ1) is 24.0. The second-order valence-electron chi connectivity index (χ2n) is 8.73. The molecule has 178 valence electrons. The standard InChI is InChI=1S/C30H32N4O/c1-22-27(23(2)35)29(32-19-18-24-12-6-3-7-13-24)28(31)30(33-22)34(20-25-14-8-4-9-15-25)21-26-16-10-5-11-17-26/h3-17H,18-21,31H2,1-2H3,(H,32,33). The average Bonchev–Trinajstić information content (AvgIpc) is 2.87.